The van der Waals surface area contributed by atoms with Crippen molar-refractivity contribution >= 4 is 17.2 Å². The van der Waals surface area contributed by atoms with Crippen molar-refractivity contribution < 1.29 is 0 Å². The number of nitrogens with zero attached hydrogens (tertiary/aromatic N) is 2. The van der Waals surface area contributed by atoms with E-state index in [2.05, 4.69) is 22.9 Å². The summed E-state index contributed by atoms with van der Waals surface area (Å²) in [5, 5.41) is 0. The van der Waals surface area contributed by atoms with Gasteiger partial charge in [-0.05, 0) is 25.1 Å². The number of nitrogens with two attached hydrogens (primary N) is 1. The summed E-state index contributed by atoms with van der Waals surface area (Å²) in [5.41, 5.74) is 6.85. The number of rotatable bonds is 5. The molecule has 0 bridgehead atoms. The molecule has 1 atom stereocenters. The summed E-state index contributed by atoms with van der Waals surface area (Å²) < 4.78 is 0. The molecule has 1 unspecified atom stereocenters. The lowest BCUT2D eigenvalue weighted by Gasteiger charge is -2.25. The van der Waals surface area contributed by atoms with Gasteiger partial charge in [0.2, 0.25) is 0 Å². The number of hydrogen-bond donors (Lipinski definition) is 1. The molecule has 1 aromatic rings. The van der Waals surface area contributed by atoms with Gasteiger partial charge in [0.1, 0.15) is 0 Å². The third-order valence-corrected chi connectivity index (χ3v) is 2.67. The smallest absolute Gasteiger partial charge is 0.0901 e. The molecule has 0 aliphatic rings. The fraction of sp³-hybridized carbons (Fsp3) is 0.455. The van der Waals surface area contributed by atoms with Crippen molar-refractivity contribution in [3.8, 4) is 0 Å². The molecule has 82 valence electrons. The Kier molecular flexibility index (Phi) is 4.65. The van der Waals surface area contributed by atoms with Gasteiger partial charge in [0.15, 0.2) is 0 Å². The summed E-state index contributed by atoms with van der Waals surface area (Å²) in [5.74, 6) is 0. The molecule has 3 nitrogen and oxygen atoms in total. The summed E-state index contributed by atoms with van der Waals surface area (Å²) >= 11 is 5.03. The zero-order chi connectivity index (χ0) is 11.3. The average Bonchev–Trinajstić information content (AvgIpc) is 2.19. The first-order chi connectivity index (χ1) is 7.15. The maximum atomic E-state index is 5.68. The van der Waals surface area contributed by atoms with Gasteiger partial charge in [-0.2, -0.15) is 0 Å². The number of pyridine rings is 1. The Hall–Kier alpha value is -1.00. The first-order valence-corrected chi connectivity index (χ1v) is 5.44. The standard InChI is InChI=1S/C11H17N3S/c1-3-10(11(12)15)14(2)8-9-5-4-6-13-7-9/h4-7,10H,3,8H2,1-2H3,(H2,12,15). The molecule has 0 spiro atoms. The van der Waals surface area contributed by atoms with Crippen molar-refractivity contribution in [2.75, 3.05) is 7.05 Å². The van der Waals surface area contributed by atoms with Gasteiger partial charge in [-0.3, -0.25) is 9.88 Å². The lowest BCUT2D eigenvalue weighted by Crippen LogP contribution is -2.40. The Morgan fingerprint density at radius 2 is 2.40 bits per heavy atom. The quantitative estimate of drug-likeness (QED) is 0.770. The average molecular weight is 223 g/mol. The van der Waals surface area contributed by atoms with Crippen molar-refractivity contribution in [3.63, 3.8) is 0 Å². The summed E-state index contributed by atoms with van der Waals surface area (Å²) in [4.78, 5) is 6.79. The second kappa shape index (κ2) is 5.78. The molecule has 2 N–H and O–H groups in total. The predicted octanol–water partition coefficient (Wildman–Crippen LogP) is 1.58. The topological polar surface area (TPSA) is 42.1 Å². The van der Waals surface area contributed by atoms with Crippen LogP contribution in [-0.4, -0.2) is 28.0 Å². The summed E-state index contributed by atoms with van der Waals surface area (Å²) in [6, 6.07) is 4.15. The van der Waals surface area contributed by atoms with Gasteiger partial charge in [-0.25, -0.2) is 0 Å². The van der Waals surface area contributed by atoms with E-state index in [0.29, 0.717) is 4.99 Å². The van der Waals surface area contributed by atoms with E-state index in [1.807, 2.05) is 19.3 Å². The molecular weight excluding hydrogens is 206 g/mol. The lowest BCUT2D eigenvalue weighted by atomic mass is 10.1. The van der Waals surface area contributed by atoms with Crippen molar-refractivity contribution in [3.05, 3.63) is 30.1 Å². The molecule has 0 saturated carbocycles. The summed E-state index contributed by atoms with van der Waals surface area (Å²) in [6.45, 7) is 2.91. The monoisotopic (exact) mass is 223 g/mol. The number of hydrogen-bond acceptors (Lipinski definition) is 3. The third-order valence-electron chi connectivity index (χ3n) is 2.40. The fourth-order valence-corrected chi connectivity index (χ4v) is 1.97. The van der Waals surface area contributed by atoms with Crippen LogP contribution in [0.1, 0.15) is 18.9 Å². The van der Waals surface area contributed by atoms with E-state index in [0.717, 1.165) is 13.0 Å². The zero-order valence-corrected chi connectivity index (χ0v) is 10.00. The van der Waals surface area contributed by atoms with E-state index in [1.54, 1.807) is 6.20 Å². The van der Waals surface area contributed by atoms with Crippen molar-refractivity contribution in [2.24, 2.45) is 5.73 Å². The Morgan fingerprint density at radius 3 is 2.87 bits per heavy atom. The van der Waals surface area contributed by atoms with E-state index >= 15 is 0 Å². The van der Waals surface area contributed by atoms with E-state index in [1.165, 1.54) is 5.56 Å². The normalized spacial score (nSPS) is 12.7. The van der Waals surface area contributed by atoms with Crippen LogP contribution in [0.4, 0.5) is 0 Å². The van der Waals surface area contributed by atoms with Crippen molar-refractivity contribution in [1.82, 2.24) is 9.88 Å². The van der Waals surface area contributed by atoms with Gasteiger partial charge in [0.05, 0.1) is 11.0 Å². The SMILES string of the molecule is CCC(C(N)=S)N(C)Cc1cccnc1. The summed E-state index contributed by atoms with van der Waals surface area (Å²) in [6.07, 6.45) is 4.57. The van der Waals surface area contributed by atoms with Crippen LogP contribution >= 0.6 is 12.2 Å². The molecular formula is C11H17N3S. The molecule has 1 rings (SSSR count). The number of likely N-dealkylation sites (N-methyl/N-ethyl adjacent to an activating group) is 1. The minimum absolute atomic E-state index is 0.167. The molecule has 0 aliphatic carbocycles. The van der Waals surface area contributed by atoms with Crippen molar-refractivity contribution in [1.29, 1.82) is 0 Å². The minimum atomic E-state index is 0.167. The highest BCUT2D eigenvalue weighted by atomic mass is 32.1. The van der Waals surface area contributed by atoms with E-state index in [4.69, 9.17) is 18.0 Å². The molecule has 15 heavy (non-hydrogen) atoms. The second-order valence-electron chi connectivity index (χ2n) is 3.60. The maximum Gasteiger partial charge on any atom is 0.0901 e. The highest BCUT2D eigenvalue weighted by Crippen LogP contribution is 2.07. The second-order valence-corrected chi connectivity index (χ2v) is 4.07. The summed E-state index contributed by atoms with van der Waals surface area (Å²) in [7, 11) is 2.03. The lowest BCUT2D eigenvalue weighted by molar-refractivity contribution is 0.283. The highest BCUT2D eigenvalue weighted by molar-refractivity contribution is 7.80. The van der Waals surface area contributed by atoms with Crippen LogP contribution in [0.15, 0.2) is 24.5 Å². The maximum absolute atomic E-state index is 5.68. The highest BCUT2D eigenvalue weighted by Gasteiger charge is 2.15. The molecule has 0 saturated heterocycles. The van der Waals surface area contributed by atoms with Crippen LogP contribution in [0, 0.1) is 0 Å². The van der Waals surface area contributed by atoms with Gasteiger partial charge in [0.25, 0.3) is 0 Å². The predicted molar refractivity (Wildman–Crippen MR) is 66.6 cm³/mol. The van der Waals surface area contributed by atoms with Gasteiger partial charge < -0.3 is 5.73 Å². The zero-order valence-electron chi connectivity index (χ0n) is 9.18. The third kappa shape index (κ3) is 3.57. The van der Waals surface area contributed by atoms with E-state index in [-0.39, 0.29) is 6.04 Å². The van der Waals surface area contributed by atoms with E-state index < -0.39 is 0 Å². The van der Waals surface area contributed by atoms with Crippen LogP contribution in [0.2, 0.25) is 0 Å². The van der Waals surface area contributed by atoms with Gasteiger partial charge >= 0.3 is 0 Å². The molecule has 0 fully saturated rings. The van der Waals surface area contributed by atoms with Crippen LogP contribution in [-0.2, 0) is 6.54 Å². The Bertz CT molecular complexity index is 313. The Balaban J connectivity index is 2.62. The first kappa shape index (κ1) is 12.1. The van der Waals surface area contributed by atoms with Gasteiger partial charge in [-0.1, -0.05) is 25.2 Å². The molecule has 1 heterocycles. The van der Waals surface area contributed by atoms with Crippen molar-refractivity contribution in [2.45, 2.75) is 25.9 Å². The van der Waals surface area contributed by atoms with E-state index in [9.17, 15) is 0 Å². The van der Waals surface area contributed by atoms with Crippen LogP contribution in [0.3, 0.4) is 0 Å². The minimum Gasteiger partial charge on any atom is -0.392 e. The fourth-order valence-electron chi connectivity index (χ4n) is 1.62. The van der Waals surface area contributed by atoms with Gasteiger partial charge in [-0.15, -0.1) is 0 Å². The molecule has 0 aromatic carbocycles. The first-order valence-electron chi connectivity index (χ1n) is 5.03. The van der Waals surface area contributed by atoms with Crippen LogP contribution < -0.4 is 5.73 Å². The molecule has 0 aliphatic heterocycles. The van der Waals surface area contributed by atoms with Gasteiger partial charge in [0, 0.05) is 18.9 Å². The number of thiocarbonyl (C=S) groups is 1. The van der Waals surface area contributed by atoms with Crippen LogP contribution in [0.25, 0.3) is 0 Å². The Morgan fingerprint density at radius 1 is 1.67 bits per heavy atom. The van der Waals surface area contributed by atoms with Crippen LogP contribution in [0.5, 0.6) is 0 Å². The largest absolute Gasteiger partial charge is 0.392 e. The Labute approximate surface area is 96.3 Å². The molecule has 4 heteroatoms. The molecule has 0 radical (unpaired) electrons. The molecule has 0 amide bonds. The number of aromatic nitrogens is 1. The molecule has 1 aromatic heterocycles.